The molecule has 0 saturated carbocycles. The number of anilines is 1. The van der Waals surface area contributed by atoms with Gasteiger partial charge in [0.05, 0.1) is 42.2 Å². The average molecular weight is 531 g/mol. The number of aromatic nitrogens is 1. The van der Waals surface area contributed by atoms with Gasteiger partial charge in [0, 0.05) is 5.56 Å². The van der Waals surface area contributed by atoms with E-state index >= 15 is 0 Å². The van der Waals surface area contributed by atoms with Crippen LogP contribution in [0.2, 0.25) is 0 Å². The number of carbonyl (C=O) groups is 2. The van der Waals surface area contributed by atoms with Gasteiger partial charge in [-0.2, -0.15) is 0 Å². The minimum Gasteiger partial charge on any atom is -0.507 e. The molecule has 3 aromatic carbocycles. The number of aliphatic hydroxyl groups is 1. The molecule has 1 saturated heterocycles. The van der Waals surface area contributed by atoms with Crippen molar-refractivity contribution in [3.05, 3.63) is 83.4 Å². The number of fused-ring (bicyclic) bond motifs is 1. The number of nitrogens with zero attached hydrogens (tertiary/aromatic N) is 2. The van der Waals surface area contributed by atoms with Gasteiger partial charge in [-0.15, -0.1) is 0 Å². The van der Waals surface area contributed by atoms with Crippen molar-refractivity contribution in [1.29, 1.82) is 0 Å². The van der Waals surface area contributed by atoms with Crippen LogP contribution in [0.5, 0.6) is 17.2 Å². The lowest BCUT2D eigenvalue weighted by Crippen LogP contribution is -2.29. The van der Waals surface area contributed by atoms with Crippen molar-refractivity contribution in [1.82, 2.24) is 4.98 Å². The van der Waals surface area contributed by atoms with Crippen molar-refractivity contribution in [2.45, 2.75) is 19.9 Å². The van der Waals surface area contributed by atoms with E-state index in [4.69, 9.17) is 14.2 Å². The zero-order chi connectivity index (χ0) is 26.8. The van der Waals surface area contributed by atoms with Gasteiger partial charge in [0.2, 0.25) is 0 Å². The van der Waals surface area contributed by atoms with Crippen molar-refractivity contribution in [3.63, 3.8) is 0 Å². The first kappa shape index (κ1) is 25.3. The quantitative estimate of drug-likeness (QED) is 0.177. The SMILES string of the molecule is CCOc1ccc(C(O)=C2C(=O)C(=O)N(c3nc4ccc(OC)cc4s3)C2c2cccc(OCC)c2)cc1. The number of hydrogen-bond acceptors (Lipinski definition) is 8. The van der Waals surface area contributed by atoms with Gasteiger partial charge in [-0.1, -0.05) is 23.5 Å². The molecule has 0 spiro atoms. The molecule has 1 fully saturated rings. The first-order valence-corrected chi connectivity index (χ1v) is 13.0. The zero-order valence-electron chi connectivity index (χ0n) is 21.1. The molecule has 9 heteroatoms. The van der Waals surface area contributed by atoms with Crippen LogP contribution in [-0.2, 0) is 9.59 Å². The van der Waals surface area contributed by atoms with Gasteiger partial charge in [0.15, 0.2) is 5.13 Å². The van der Waals surface area contributed by atoms with Crippen LogP contribution in [0.3, 0.4) is 0 Å². The number of ether oxygens (including phenoxy) is 3. The third-order valence-electron chi connectivity index (χ3n) is 6.16. The summed E-state index contributed by atoms with van der Waals surface area (Å²) in [7, 11) is 1.58. The molecule has 0 radical (unpaired) electrons. The summed E-state index contributed by atoms with van der Waals surface area (Å²) in [6, 6.07) is 18.4. The first-order chi connectivity index (χ1) is 18.4. The molecule has 5 rings (SSSR count). The van der Waals surface area contributed by atoms with Crippen LogP contribution in [0.15, 0.2) is 72.3 Å². The largest absolute Gasteiger partial charge is 0.507 e. The summed E-state index contributed by atoms with van der Waals surface area (Å²) in [4.78, 5) is 33.0. The Morgan fingerprint density at radius 2 is 1.66 bits per heavy atom. The third-order valence-corrected chi connectivity index (χ3v) is 7.18. The molecule has 1 atom stereocenters. The van der Waals surface area contributed by atoms with E-state index in [1.165, 1.54) is 16.2 Å². The molecule has 194 valence electrons. The number of thiazole rings is 1. The van der Waals surface area contributed by atoms with Gasteiger partial charge in [0.25, 0.3) is 5.78 Å². The highest BCUT2D eigenvalue weighted by Gasteiger charge is 2.48. The maximum atomic E-state index is 13.5. The van der Waals surface area contributed by atoms with Gasteiger partial charge in [-0.25, -0.2) is 4.98 Å². The van der Waals surface area contributed by atoms with E-state index in [1.807, 2.05) is 19.9 Å². The Balaban J connectivity index is 1.68. The summed E-state index contributed by atoms with van der Waals surface area (Å²) in [6.07, 6.45) is 0. The van der Waals surface area contributed by atoms with Crippen LogP contribution >= 0.6 is 11.3 Å². The van der Waals surface area contributed by atoms with Gasteiger partial charge in [-0.3, -0.25) is 14.5 Å². The highest BCUT2D eigenvalue weighted by molar-refractivity contribution is 7.22. The number of benzene rings is 3. The molecule has 2 heterocycles. The molecular weight excluding hydrogens is 504 g/mol. The van der Waals surface area contributed by atoms with E-state index in [-0.39, 0.29) is 11.3 Å². The van der Waals surface area contributed by atoms with Crippen LogP contribution in [0.25, 0.3) is 16.0 Å². The van der Waals surface area contributed by atoms with Crippen molar-refractivity contribution < 1.29 is 28.9 Å². The van der Waals surface area contributed by atoms with Crippen molar-refractivity contribution in [3.8, 4) is 17.2 Å². The van der Waals surface area contributed by atoms with Gasteiger partial charge >= 0.3 is 5.91 Å². The predicted molar refractivity (Wildman–Crippen MR) is 146 cm³/mol. The maximum Gasteiger partial charge on any atom is 0.301 e. The van der Waals surface area contributed by atoms with E-state index in [9.17, 15) is 14.7 Å². The predicted octanol–water partition coefficient (Wildman–Crippen LogP) is 5.73. The normalized spacial score (nSPS) is 16.7. The van der Waals surface area contributed by atoms with Crippen LogP contribution < -0.4 is 19.1 Å². The van der Waals surface area contributed by atoms with Crippen LogP contribution in [0.4, 0.5) is 5.13 Å². The second-order valence-electron chi connectivity index (χ2n) is 8.46. The number of hydrogen-bond donors (Lipinski definition) is 1. The Labute approximate surface area is 223 Å². The summed E-state index contributed by atoms with van der Waals surface area (Å²) in [5, 5.41) is 11.7. The zero-order valence-corrected chi connectivity index (χ0v) is 22.0. The lowest BCUT2D eigenvalue weighted by Gasteiger charge is -2.23. The van der Waals surface area contributed by atoms with Crippen molar-refractivity contribution in [2.24, 2.45) is 0 Å². The number of methoxy groups -OCH3 is 1. The van der Waals surface area contributed by atoms with Crippen LogP contribution in [0.1, 0.15) is 31.0 Å². The van der Waals surface area contributed by atoms with E-state index in [0.717, 1.165) is 4.70 Å². The Hall–Kier alpha value is -4.37. The Kier molecular flexibility index (Phi) is 7.02. The fourth-order valence-corrected chi connectivity index (χ4v) is 5.46. The summed E-state index contributed by atoms with van der Waals surface area (Å²) < 4.78 is 17.3. The summed E-state index contributed by atoms with van der Waals surface area (Å²) in [5.41, 5.74) is 1.65. The fourth-order valence-electron chi connectivity index (χ4n) is 4.44. The Morgan fingerprint density at radius 3 is 2.37 bits per heavy atom. The van der Waals surface area contributed by atoms with E-state index < -0.39 is 17.7 Å². The number of amides is 1. The lowest BCUT2D eigenvalue weighted by atomic mass is 9.95. The van der Waals surface area contributed by atoms with Gasteiger partial charge in [0.1, 0.15) is 23.0 Å². The molecule has 38 heavy (non-hydrogen) atoms. The molecule has 1 aliphatic heterocycles. The molecule has 0 aliphatic carbocycles. The van der Waals surface area contributed by atoms with E-state index in [0.29, 0.717) is 52.2 Å². The molecule has 8 nitrogen and oxygen atoms in total. The fraction of sp³-hybridized carbons (Fsp3) is 0.207. The number of Topliss-reactive ketones (excluding diaryl/α,β-unsaturated/α-hetero) is 1. The molecule has 1 aliphatic rings. The minimum atomic E-state index is -0.913. The van der Waals surface area contributed by atoms with E-state index in [1.54, 1.807) is 67.8 Å². The summed E-state index contributed by atoms with van der Waals surface area (Å²) >= 11 is 1.27. The molecule has 1 aromatic heterocycles. The number of rotatable bonds is 8. The van der Waals surface area contributed by atoms with Crippen molar-refractivity contribution >= 4 is 44.1 Å². The first-order valence-electron chi connectivity index (χ1n) is 12.2. The Bertz CT molecular complexity index is 1540. The van der Waals surface area contributed by atoms with E-state index in [2.05, 4.69) is 4.98 Å². The molecule has 0 bridgehead atoms. The maximum absolute atomic E-state index is 13.5. The smallest absolute Gasteiger partial charge is 0.301 e. The topological polar surface area (TPSA) is 98.2 Å². The Morgan fingerprint density at radius 1 is 0.947 bits per heavy atom. The van der Waals surface area contributed by atoms with Crippen molar-refractivity contribution in [2.75, 3.05) is 25.2 Å². The van der Waals surface area contributed by atoms with Crippen LogP contribution in [-0.4, -0.2) is 42.1 Å². The highest BCUT2D eigenvalue weighted by atomic mass is 32.1. The lowest BCUT2D eigenvalue weighted by molar-refractivity contribution is -0.132. The second kappa shape index (κ2) is 10.5. The van der Waals surface area contributed by atoms with Gasteiger partial charge < -0.3 is 19.3 Å². The average Bonchev–Trinajstić information content (AvgIpc) is 3.46. The van der Waals surface area contributed by atoms with Crippen LogP contribution in [0, 0.1) is 0 Å². The number of carbonyl (C=O) groups excluding carboxylic acids is 2. The van der Waals surface area contributed by atoms with Gasteiger partial charge in [-0.05, 0) is 74.0 Å². The minimum absolute atomic E-state index is 0.0235. The standard InChI is InChI=1S/C29H26N2O6S/c1-4-36-19-11-9-17(10-12-19)26(32)24-25(18-7-6-8-21(15-18)37-5-2)31(28(34)27(24)33)29-30-22-14-13-20(35-3)16-23(22)38-29/h6-16,25,32H,4-5H2,1-3H3. The third kappa shape index (κ3) is 4.56. The highest BCUT2D eigenvalue weighted by Crippen LogP contribution is 2.45. The summed E-state index contributed by atoms with van der Waals surface area (Å²) in [6.45, 7) is 4.71. The monoisotopic (exact) mass is 530 g/mol. The molecular formula is C29H26N2O6S. The summed E-state index contributed by atoms with van der Waals surface area (Å²) in [5.74, 6) is 0.0473. The number of aliphatic hydroxyl groups excluding tert-OH is 1. The molecule has 1 unspecified atom stereocenters. The number of ketones is 1. The molecule has 1 amide bonds. The molecule has 4 aromatic rings. The molecule has 1 N–H and O–H groups in total. The second-order valence-corrected chi connectivity index (χ2v) is 9.47.